The van der Waals surface area contributed by atoms with Crippen LogP contribution in [0.3, 0.4) is 0 Å². The molecule has 0 saturated heterocycles. The number of aromatic nitrogens is 1. The maximum atomic E-state index is 7.12. The molecule has 2 N–H and O–H groups in total. The molecule has 7 heteroatoms. The van der Waals surface area contributed by atoms with E-state index in [9.17, 15) is 0 Å². The predicted molar refractivity (Wildman–Crippen MR) is 118 cm³/mol. The third kappa shape index (κ3) is 9.01. The Labute approximate surface area is 171 Å². The molecule has 2 aromatic rings. The Morgan fingerprint density at radius 1 is 1.07 bits per heavy atom. The molecule has 0 bridgehead atoms. The summed E-state index contributed by atoms with van der Waals surface area (Å²) in [4.78, 5) is 4.21. The van der Waals surface area contributed by atoms with E-state index < -0.39 is 16.0 Å². The highest BCUT2D eigenvalue weighted by atomic mass is 28.4. The van der Waals surface area contributed by atoms with Gasteiger partial charge in [-0.1, -0.05) is 45.0 Å². The maximum Gasteiger partial charge on any atom is 0.432 e. The molecule has 0 aliphatic rings. The van der Waals surface area contributed by atoms with E-state index in [4.69, 9.17) is 19.2 Å². The Balaban J connectivity index is 0.00000122. The molecular weight excluding hydrogens is 369 g/mol. The van der Waals surface area contributed by atoms with E-state index in [2.05, 4.69) is 44.9 Å². The van der Waals surface area contributed by atoms with Gasteiger partial charge in [0.15, 0.2) is 8.32 Å². The van der Waals surface area contributed by atoms with Gasteiger partial charge < -0.3 is 19.2 Å². The number of hydrogen-bond donors (Lipinski definition) is 2. The third-order valence-corrected chi connectivity index (χ3v) is 9.46. The van der Waals surface area contributed by atoms with Crippen molar-refractivity contribution < 1.29 is 19.2 Å². The minimum atomic E-state index is -1.84. The Morgan fingerprint density at radius 2 is 1.71 bits per heavy atom. The lowest BCUT2D eigenvalue weighted by Gasteiger charge is -2.39. The first kappa shape index (κ1) is 24.4. The van der Waals surface area contributed by atoms with Gasteiger partial charge in [0.25, 0.3) is 0 Å². The van der Waals surface area contributed by atoms with Crippen LogP contribution in [0.1, 0.15) is 32.8 Å². The summed E-state index contributed by atoms with van der Waals surface area (Å²) in [5.74, 6) is 0.896. The van der Waals surface area contributed by atoms with Gasteiger partial charge in [0.05, 0.1) is 6.10 Å². The van der Waals surface area contributed by atoms with Crippen molar-refractivity contribution in [3.8, 4) is 5.75 Å². The molecule has 1 aromatic carbocycles. The van der Waals surface area contributed by atoms with Crippen molar-refractivity contribution in [1.82, 2.24) is 4.98 Å². The average Bonchev–Trinajstić information content (AvgIpc) is 2.65. The van der Waals surface area contributed by atoms with Crippen molar-refractivity contribution in [2.24, 2.45) is 0 Å². The highest BCUT2D eigenvalue weighted by Gasteiger charge is 2.39. The number of pyridine rings is 1. The van der Waals surface area contributed by atoms with Crippen LogP contribution >= 0.6 is 0 Å². The average molecular weight is 403 g/mol. The first-order valence-electron chi connectivity index (χ1n) is 9.66. The molecule has 154 valence electrons. The van der Waals surface area contributed by atoms with Crippen LogP contribution in [0.15, 0.2) is 54.9 Å². The van der Waals surface area contributed by atoms with Crippen LogP contribution in [0, 0.1) is 0 Å². The van der Waals surface area contributed by atoms with Crippen molar-refractivity contribution in [2.75, 3.05) is 6.61 Å². The first-order chi connectivity index (χ1) is 13.2. The zero-order valence-electron chi connectivity index (χ0n) is 17.8. The molecule has 0 saturated carbocycles. The van der Waals surface area contributed by atoms with E-state index in [0.29, 0.717) is 6.61 Å². The minimum Gasteiger partial charge on any atom is -0.491 e. The molecule has 1 heterocycles. The quantitative estimate of drug-likeness (QED) is 0.658. The summed E-state index contributed by atoms with van der Waals surface area (Å²) < 4.78 is 12.6. The fraction of sp³-hybridized carbons (Fsp3) is 0.476. The van der Waals surface area contributed by atoms with Gasteiger partial charge in [-0.25, -0.2) is 0 Å². The molecule has 5 nitrogen and oxygen atoms in total. The number of ether oxygens (including phenoxy) is 1. The van der Waals surface area contributed by atoms with E-state index in [-0.39, 0.29) is 11.1 Å². The van der Waals surface area contributed by atoms with Gasteiger partial charge in [-0.2, -0.15) is 0 Å². The van der Waals surface area contributed by atoms with Crippen LogP contribution in [-0.2, 0) is 10.8 Å². The normalized spacial score (nSPS) is 12.5. The van der Waals surface area contributed by atoms with Crippen molar-refractivity contribution in [1.29, 1.82) is 0 Å². The summed E-state index contributed by atoms with van der Waals surface area (Å²) in [5, 5.41) is 14.4. The summed E-state index contributed by atoms with van der Waals surface area (Å²) in [5.41, 5.74) is 1.24. The smallest absolute Gasteiger partial charge is 0.432 e. The van der Waals surface area contributed by atoms with Gasteiger partial charge in [-0.05, 0) is 54.7 Å². The Morgan fingerprint density at radius 3 is 2.25 bits per heavy atom. The van der Waals surface area contributed by atoms with Gasteiger partial charge in [-0.3, -0.25) is 4.98 Å². The SMILES string of the molecule is CC(C)(C)[Si](C)(C)OC(CCc1cccnc1)COc1ccccc1.OBO. The van der Waals surface area contributed by atoms with Gasteiger partial charge >= 0.3 is 7.69 Å². The number of hydrogen-bond acceptors (Lipinski definition) is 5. The van der Waals surface area contributed by atoms with E-state index >= 15 is 0 Å². The summed E-state index contributed by atoms with van der Waals surface area (Å²) in [7, 11) is -2.59. The van der Waals surface area contributed by atoms with Crippen molar-refractivity contribution >= 4 is 16.0 Å². The van der Waals surface area contributed by atoms with Gasteiger partial charge in [0.1, 0.15) is 12.4 Å². The summed E-state index contributed by atoms with van der Waals surface area (Å²) >= 11 is 0. The molecule has 1 unspecified atom stereocenters. The molecule has 2 rings (SSSR count). The number of nitrogens with zero attached hydrogens (tertiary/aromatic N) is 1. The molecule has 1 atom stereocenters. The highest BCUT2D eigenvalue weighted by Crippen LogP contribution is 2.37. The Kier molecular flexibility index (Phi) is 10.5. The third-order valence-electron chi connectivity index (χ3n) is 4.92. The maximum absolute atomic E-state index is 7.12. The standard InChI is InChI=1S/C21H31NO2Si.BH3O2/c1-21(2,3)25(4,5)24-20(14-13-18-10-9-15-22-16-18)17-23-19-11-7-6-8-12-19;2-1-3/h6-12,15-16,20H,13-14,17H2,1-5H3;1-3H. The lowest BCUT2D eigenvalue weighted by molar-refractivity contribution is 0.108. The highest BCUT2D eigenvalue weighted by molar-refractivity contribution is 6.74. The molecule has 0 radical (unpaired) electrons. The molecule has 0 spiro atoms. The number of rotatable bonds is 8. The zero-order chi connectivity index (χ0) is 21.0. The van der Waals surface area contributed by atoms with Crippen LogP contribution in [0.2, 0.25) is 18.1 Å². The largest absolute Gasteiger partial charge is 0.491 e. The van der Waals surface area contributed by atoms with E-state index in [0.717, 1.165) is 18.6 Å². The lowest BCUT2D eigenvalue weighted by Crippen LogP contribution is -2.45. The van der Waals surface area contributed by atoms with Crippen LogP contribution in [-0.4, -0.2) is 43.7 Å². The molecule has 1 aromatic heterocycles. The van der Waals surface area contributed by atoms with Gasteiger partial charge in [0, 0.05) is 12.4 Å². The summed E-state index contributed by atoms with van der Waals surface area (Å²) in [6.07, 6.45) is 5.71. The number of aryl methyl sites for hydroxylation is 1. The van der Waals surface area contributed by atoms with Crippen LogP contribution in [0.4, 0.5) is 0 Å². The lowest BCUT2D eigenvalue weighted by atomic mass is 10.1. The molecule has 0 amide bonds. The van der Waals surface area contributed by atoms with E-state index in [1.165, 1.54) is 5.56 Å². The number of benzene rings is 1. The molecule has 0 fully saturated rings. The van der Waals surface area contributed by atoms with Crippen molar-refractivity contribution in [2.45, 2.75) is 57.8 Å². The molecule has 28 heavy (non-hydrogen) atoms. The minimum absolute atomic E-state index is 0.0845. The predicted octanol–water partition coefficient (Wildman–Crippen LogP) is 3.72. The van der Waals surface area contributed by atoms with Crippen molar-refractivity contribution in [3.05, 3.63) is 60.4 Å². The van der Waals surface area contributed by atoms with Gasteiger partial charge in [-0.15, -0.1) is 0 Å². The fourth-order valence-electron chi connectivity index (χ4n) is 2.35. The summed E-state index contributed by atoms with van der Waals surface area (Å²) in [6, 6.07) is 14.1. The first-order valence-corrected chi connectivity index (χ1v) is 12.6. The molecular formula is C21H34BNO4Si. The zero-order valence-corrected chi connectivity index (χ0v) is 18.8. The number of para-hydroxylation sites is 1. The van der Waals surface area contributed by atoms with Crippen LogP contribution in [0.25, 0.3) is 0 Å². The van der Waals surface area contributed by atoms with Crippen molar-refractivity contribution in [3.63, 3.8) is 0 Å². The van der Waals surface area contributed by atoms with E-state index in [1.807, 2.05) is 48.8 Å². The van der Waals surface area contributed by atoms with E-state index in [1.54, 1.807) is 0 Å². The monoisotopic (exact) mass is 403 g/mol. The Bertz CT molecular complexity index is 607. The molecule has 0 aliphatic carbocycles. The summed E-state index contributed by atoms with van der Waals surface area (Å²) in [6.45, 7) is 12.0. The fourth-order valence-corrected chi connectivity index (χ4v) is 3.72. The topological polar surface area (TPSA) is 71.8 Å². The molecule has 0 aliphatic heterocycles. The van der Waals surface area contributed by atoms with Crippen LogP contribution in [0.5, 0.6) is 5.75 Å². The second kappa shape index (κ2) is 12.0. The Hall–Kier alpha value is -1.67. The second-order valence-corrected chi connectivity index (χ2v) is 12.9. The second-order valence-electron chi connectivity index (χ2n) is 8.17. The van der Waals surface area contributed by atoms with Gasteiger partial charge in [0.2, 0.25) is 0 Å². The van der Waals surface area contributed by atoms with Crippen LogP contribution < -0.4 is 4.74 Å².